The van der Waals surface area contributed by atoms with Gasteiger partial charge in [-0.05, 0) is 150 Å². The maximum atomic E-state index is 13.9. The van der Waals surface area contributed by atoms with Crippen molar-refractivity contribution in [2.24, 2.45) is 33.5 Å². The Hall–Kier alpha value is -3.88. The number of carbonyl (C=O) groups excluding carboxylic acids is 7. The minimum absolute atomic E-state index is 0.000490. The Bertz CT molecular complexity index is 1930. The second kappa shape index (κ2) is 33.9. The van der Waals surface area contributed by atoms with Gasteiger partial charge < -0.3 is 61.5 Å². The minimum atomic E-state index is -2.52. The first-order chi connectivity index (χ1) is 36.6. The van der Waals surface area contributed by atoms with Gasteiger partial charge in [0, 0.05) is 51.5 Å². The van der Waals surface area contributed by atoms with Crippen molar-refractivity contribution < 1.29 is 84.4 Å². The number of ether oxygens (including phenoxy) is 9. The molecule has 456 valence electrons. The summed E-state index contributed by atoms with van der Waals surface area (Å²) in [5, 5.41) is 5.84. The van der Waals surface area contributed by atoms with Crippen LogP contribution in [-0.2, 0) is 74.8 Å². The molecule has 2 amide bonds. The number of alkyl carbamates (subject to hydrolysis) is 2. The second-order valence-corrected chi connectivity index (χ2v) is 38.8. The van der Waals surface area contributed by atoms with Gasteiger partial charge in [0.1, 0.15) is 33.0 Å². The van der Waals surface area contributed by atoms with E-state index in [-0.39, 0.29) is 130 Å². The fourth-order valence-electron chi connectivity index (χ4n) is 11.8. The van der Waals surface area contributed by atoms with E-state index in [1.165, 1.54) is 0 Å². The Balaban J connectivity index is 2.00. The number of amides is 2. The van der Waals surface area contributed by atoms with Crippen molar-refractivity contribution in [1.82, 2.24) is 10.6 Å². The molecule has 2 fully saturated rings. The number of carbonyl (C=O) groups is 7. The van der Waals surface area contributed by atoms with Crippen LogP contribution in [-0.4, -0.2) is 152 Å². The third-order valence-corrected chi connectivity index (χ3v) is 22.9. The van der Waals surface area contributed by atoms with Crippen LogP contribution in [0.25, 0.3) is 0 Å². The van der Waals surface area contributed by atoms with E-state index in [0.29, 0.717) is 58.4 Å². The quantitative estimate of drug-likeness (QED) is 0.0193. The van der Waals surface area contributed by atoms with Gasteiger partial charge in [0.25, 0.3) is 0 Å². The maximum absolute atomic E-state index is 13.9. The highest BCUT2D eigenvalue weighted by atomic mass is 28.5. The minimum Gasteiger partial charge on any atom is -0.466 e. The number of unbranched alkanes of at least 4 members (excludes halogenated alkanes) is 1. The van der Waals surface area contributed by atoms with Crippen LogP contribution in [0, 0.1) is 33.5 Å². The smallest absolute Gasteiger partial charge is 0.407 e. The fourth-order valence-corrected chi connectivity index (χ4v) is 24.3. The van der Waals surface area contributed by atoms with Gasteiger partial charge in [-0.3, -0.25) is 19.2 Å². The SMILES string of the molecule is C=CC(=O)OCCOC(=O)CC1CC(C)(C)CC(C)(CNC(=O)OCC(COCCC[Si](C)(O[Si](C)(C)C)O[Si](C)(C)C)OC(=O)CC2CC(C)(C)CC(C)(CNC(=O)OCCOCCOC(=O)CCCCC(=O)OCC)C2)C1. The number of esters is 5. The van der Waals surface area contributed by atoms with Crippen LogP contribution in [0.5, 0.6) is 0 Å². The Labute approximate surface area is 475 Å². The lowest BCUT2D eigenvalue weighted by atomic mass is 9.60. The van der Waals surface area contributed by atoms with Crippen molar-refractivity contribution in [3.8, 4) is 0 Å². The van der Waals surface area contributed by atoms with Crippen LogP contribution >= 0.6 is 0 Å². The molecule has 2 aliphatic rings. The van der Waals surface area contributed by atoms with E-state index < -0.39 is 55.4 Å². The molecule has 2 N–H and O–H groups in total. The van der Waals surface area contributed by atoms with E-state index in [1.807, 2.05) is 0 Å². The Morgan fingerprint density at radius 1 is 0.544 bits per heavy atom. The summed E-state index contributed by atoms with van der Waals surface area (Å²) in [5.41, 5.74) is -0.993. The average Bonchev–Trinajstić information content (AvgIpc) is 3.29. The van der Waals surface area contributed by atoms with Crippen molar-refractivity contribution in [3.63, 3.8) is 0 Å². The molecular formula is C56H102N2O18Si3. The first-order valence-corrected chi connectivity index (χ1v) is 37.8. The van der Waals surface area contributed by atoms with Crippen molar-refractivity contribution in [2.75, 3.05) is 79.2 Å². The first kappa shape index (κ1) is 71.2. The van der Waals surface area contributed by atoms with E-state index in [0.717, 1.165) is 37.8 Å². The summed E-state index contributed by atoms with van der Waals surface area (Å²) in [6, 6.07) is 0.733. The van der Waals surface area contributed by atoms with Crippen molar-refractivity contribution in [3.05, 3.63) is 12.7 Å². The zero-order valence-corrected chi connectivity index (χ0v) is 53.7. The van der Waals surface area contributed by atoms with Crippen LogP contribution in [0.4, 0.5) is 9.59 Å². The molecule has 5 unspecified atom stereocenters. The first-order valence-electron chi connectivity index (χ1n) is 28.5. The summed E-state index contributed by atoms with van der Waals surface area (Å²) in [5.74, 6) is -2.13. The molecule has 2 saturated carbocycles. The van der Waals surface area contributed by atoms with Gasteiger partial charge in [-0.15, -0.1) is 0 Å². The molecule has 20 nitrogen and oxygen atoms in total. The molecular weight excluding hydrogens is 1070 g/mol. The second-order valence-electron chi connectivity index (χ2n) is 26.0. The third kappa shape index (κ3) is 33.6. The molecule has 0 aromatic carbocycles. The van der Waals surface area contributed by atoms with Gasteiger partial charge in [0.05, 0.1) is 26.4 Å². The Morgan fingerprint density at radius 2 is 1.01 bits per heavy atom. The molecule has 0 spiro atoms. The predicted octanol–water partition coefficient (Wildman–Crippen LogP) is 9.93. The van der Waals surface area contributed by atoms with Gasteiger partial charge in [-0.1, -0.05) is 48.1 Å². The topological polar surface area (TPSA) is 245 Å². The van der Waals surface area contributed by atoms with Crippen LogP contribution in [0.15, 0.2) is 12.7 Å². The highest BCUT2D eigenvalue weighted by Gasteiger charge is 2.44. The molecule has 5 atom stereocenters. The molecule has 79 heavy (non-hydrogen) atoms. The molecule has 2 aliphatic carbocycles. The number of hydrogen-bond acceptors (Lipinski definition) is 18. The molecule has 2 rings (SSSR count). The average molecular weight is 1180 g/mol. The van der Waals surface area contributed by atoms with Gasteiger partial charge in [-0.25, -0.2) is 14.4 Å². The fraction of sp³-hybridized carbons (Fsp3) is 0.839. The van der Waals surface area contributed by atoms with E-state index in [4.69, 9.17) is 50.9 Å². The van der Waals surface area contributed by atoms with Gasteiger partial charge >= 0.3 is 50.6 Å². The lowest BCUT2D eigenvalue weighted by Gasteiger charge is -2.46. The van der Waals surface area contributed by atoms with Gasteiger partial charge in [0.2, 0.25) is 0 Å². The molecule has 0 radical (unpaired) electrons. The summed E-state index contributed by atoms with van der Waals surface area (Å²) in [6.07, 6.45) is 5.86. The van der Waals surface area contributed by atoms with Crippen molar-refractivity contribution in [2.45, 2.75) is 190 Å². The van der Waals surface area contributed by atoms with E-state index in [1.54, 1.807) is 6.92 Å². The normalized spacial score (nSPS) is 21.3. The number of rotatable bonds is 37. The van der Waals surface area contributed by atoms with Crippen LogP contribution in [0.1, 0.15) is 132 Å². The predicted molar refractivity (Wildman–Crippen MR) is 306 cm³/mol. The molecule has 0 bridgehead atoms. The zero-order valence-electron chi connectivity index (χ0n) is 50.7. The molecule has 0 saturated heterocycles. The highest BCUT2D eigenvalue weighted by Crippen LogP contribution is 2.50. The van der Waals surface area contributed by atoms with Crippen molar-refractivity contribution in [1.29, 1.82) is 0 Å². The molecule has 0 aromatic rings. The molecule has 0 aliphatic heterocycles. The highest BCUT2D eigenvalue weighted by molar-refractivity contribution is 6.87. The molecule has 23 heteroatoms. The van der Waals surface area contributed by atoms with Gasteiger partial charge in [-0.2, -0.15) is 0 Å². The summed E-state index contributed by atoms with van der Waals surface area (Å²) >= 11 is 0. The van der Waals surface area contributed by atoms with E-state index >= 15 is 0 Å². The maximum Gasteiger partial charge on any atom is 0.407 e. The standard InChI is InChI=1S/C56H102N2O18Si3/c1-16-46(59)69-28-29-71-49(62)31-43-33-53(3,4)39-55(7,35-43)42-58-52(65)73-38-45(37-67-23-20-30-79(15,75-77(9,10)11)76-78(12,13)14)74-50(63)32-44-34-54(5,6)40-56(8,36-44)41-57-51(64)72-27-25-66-24-26-70-48(61)22-19-18-21-47(60)68-17-2/h16,43-45H,1,17-42H2,2-15H3,(H,57,64)(H,58,65). The van der Waals surface area contributed by atoms with Gasteiger partial charge in [0.15, 0.2) is 22.7 Å². The summed E-state index contributed by atoms with van der Waals surface area (Å²) < 4.78 is 62.4. The Morgan fingerprint density at radius 3 is 1.53 bits per heavy atom. The summed E-state index contributed by atoms with van der Waals surface area (Å²) in [4.78, 5) is 87.6. The summed E-state index contributed by atoms with van der Waals surface area (Å²) in [6.45, 7) is 34.3. The third-order valence-electron chi connectivity index (χ3n) is 13.3. The number of hydrogen-bond donors (Lipinski definition) is 2. The van der Waals surface area contributed by atoms with E-state index in [2.05, 4.69) is 105 Å². The largest absolute Gasteiger partial charge is 0.466 e. The van der Waals surface area contributed by atoms with E-state index in [9.17, 15) is 33.6 Å². The van der Waals surface area contributed by atoms with Crippen molar-refractivity contribution >= 4 is 67.2 Å². The lowest BCUT2D eigenvalue weighted by molar-refractivity contribution is -0.157. The monoisotopic (exact) mass is 1170 g/mol. The summed E-state index contributed by atoms with van der Waals surface area (Å²) in [7, 11) is -6.33. The molecule has 0 heterocycles. The van der Waals surface area contributed by atoms with Crippen LogP contribution in [0.3, 0.4) is 0 Å². The number of nitrogens with one attached hydrogen (secondary N) is 2. The zero-order chi connectivity index (χ0) is 59.6. The Kier molecular flexibility index (Phi) is 30.6. The van der Waals surface area contributed by atoms with Crippen LogP contribution < -0.4 is 10.6 Å². The van der Waals surface area contributed by atoms with Crippen LogP contribution in [0.2, 0.25) is 51.9 Å². The molecule has 0 aromatic heterocycles. The lowest BCUT2D eigenvalue weighted by Crippen LogP contribution is -2.52.